The van der Waals surface area contributed by atoms with Crippen LogP contribution in [0.4, 0.5) is 0 Å². The summed E-state index contributed by atoms with van der Waals surface area (Å²) in [7, 11) is 0. The van der Waals surface area contributed by atoms with Gasteiger partial charge in [0.05, 0.1) is 10.0 Å². The number of nitrogens with two attached hydrogens (primary N) is 1. The van der Waals surface area contributed by atoms with Gasteiger partial charge in [0, 0.05) is 5.92 Å². The van der Waals surface area contributed by atoms with Crippen molar-refractivity contribution in [1.82, 2.24) is 0 Å². The van der Waals surface area contributed by atoms with Gasteiger partial charge in [-0.2, -0.15) is 0 Å². The van der Waals surface area contributed by atoms with E-state index in [0.29, 0.717) is 22.5 Å². The first-order valence-electron chi connectivity index (χ1n) is 7.14. The van der Waals surface area contributed by atoms with Crippen molar-refractivity contribution in [2.24, 2.45) is 5.73 Å². The molecule has 0 amide bonds. The number of benzene rings is 2. The van der Waals surface area contributed by atoms with Crippen molar-refractivity contribution in [2.45, 2.75) is 33.1 Å². The Kier molecular flexibility index (Phi) is 5.32. The molecule has 0 bridgehead atoms. The van der Waals surface area contributed by atoms with Crippen molar-refractivity contribution in [3.8, 4) is 0 Å². The fraction of sp³-hybridized carbons (Fsp3) is 0.333. The third-order valence-electron chi connectivity index (χ3n) is 3.90. The van der Waals surface area contributed by atoms with Gasteiger partial charge in [-0.15, -0.1) is 0 Å². The Morgan fingerprint density at radius 1 is 0.952 bits per heavy atom. The average Bonchev–Trinajstić information content (AvgIpc) is 2.40. The highest BCUT2D eigenvalue weighted by Gasteiger charge is 2.16. The van der Waals surface area contributed by atoms with Crippen LogP contribution in [0.2, 0.25) is 10.0 Å². The van der Waals surface area contributed by atoms with Crippen molar-refractivity contribution in [3.05, 3.63) is 68.2 Å². The van der Waals surface area contributed by atoms with Crippen molar-refractivity contribution in [2.75, 3.05) is 6.54 Å². The smallest absolute Gasteiger partial charge is 0.0595 e. The molecule has 0 aliphatic carbocycles. The maximum Gasteiger partial charge on any atom is 0.0595 e. The maximum absolute atomic E-state index is 6.11. The van der Waals surface area contributed by atoms with Gasteiger partial charge in [0.15, 0.2) is 0 Å². The Morgan fingerprint density at radius 2 is 1.57 bits per heavy atom. The molecule has 0 spiro atoms. The molecule has 2 aromatic carbocycles. The molecule has 21 heavy (non-hydrogen) atoms. The summed E-state index contributed by atoms with van der Waals surface area (Å²) >= 11 is 12.1. The molecule has 0 aliphatic rings. The van der Waals surface area contributed by atoms with E-state index >= 15 is 0 Å². The van der Waals surface area contributed by atoms with Crippen LogP contribution in [0.5, 0.6) is 0 Å². The lowest BCUT2D eigenvalue weighted by Crippen LogP contribution is -2.17. The largest absolute Gasteiger partial charge is 0.330 e. The number of aryl methyl sites for hydroxylation is 3. The highest BCUT2D eigenvalue weighted by atomic mass is 35.5. The second kappa shape index (κ2) is 6.83. The molecule has 0 aliphatic heterocycles. The molecule has 0 heterocycles. The highest BCUT2D eigenvalue weighted by molar-refractivity contribution is 6.42. The van der Waals surface area contributed by atoms with Gasteiger partial charge in [-0.3, -0.25) is 0 Å². The summed E-state index contributed by atoms with van der Waals surface area (Å²) in [6.45, 7) is 7.06. The zero-order chi connectivity index (χ0) is 15.6. The van der Waals surface area contributed by atoms with Crippen LogP contribution in [-0.4, -0.2) is 6.54 Å². The van der Waals surface area contributed by atoms with Crippen LogP contribution in [-0.2, 0) is 6.42 Å². The van der Waals surface area contributed by atoms with E-state index < -0.39 is 0 Å². The zero-order valence-electron chi connectivity index (χ0n) is 12.7. The Labute approximate surface area is 137 Å². The fourth-order valence-electron chi connectivity index (χ4n) is 3.09. The molecule has 0 fully saturated rings. The predicted molar refractivity (Wildman–Crippen MR) is 92.6 cm³/mol. The molecule has 2 aromatic rings. The topological polar surface area (TPSA) is 26.0 Å². The van der Waals surface area contributed by atoms with Crippen molar-refractivity contribution < 1.29 is 0 Å². The van der Waals surface area contributed by atoms with E-state index in [-0.39, 0.29) is 0 Å². The van der Waals surface area contributed by atoms with Gasteiger partial charge in [-0.1, -0.05) is 47.0 Å². The Hall–Kier alpha value is -1.02. The van der Waals surface area contributed by atoms with Crippen molar-refractivity contribution in [1.29, 1.82) is 0 Å². The van der Waals surface area contributed by atoms with E-state index in [9.17, 15) is 0 Å². The van der Waals surface area contributed by atoms with Crippen LogP contribution in [0.15, 0.2) is 30.3 Å². The van der Waals surface area contributed by atoms with Crippen molar-refractivity contribution >= 4 is 23.2 Å². The molecule has 1 unspecified atom stereocenters. The van der Waals surface area contributed by atoms with Gasteiger partial charge in [0.25, 0.3) is 0 Å². The first kappa shape index (κ1) is 16.4. The monoisotopic (exact) mass is 321 g/mol. The molecule has 1 nitrogen and oxygen atoms in total. The van der Waals surface area contributed by atoms with Gasteiger partial charge < -0.3 is 5.73 Å². The molecular weight excluding hydrogens is 301 g/mol. The van der Waals surface area contributed by atoms with E-state index in [4.69, 9.17) is 28.9 Å². The molecule has 112 valence electrons. The minimum absolute atomic E-state index is 0.294. The summed E-state index contributed by atoms with van der Waals surface area (Å²) in [6, 6.07) is 10.3. The summed E-state index contributed by atoms with van der Waals surface area (Å²) in [5.74, 6) is 0.294. The lowest BCUT2D eigenvalue weighted by Gasteiger charge is -2.21. The summed E-state index contributed by atoms with van der Waals surface area (Å²) in [5, 5.41) is 1.19. The van der Waals surface area contributed by atoms with E-state index in [0.717, 1.165) is 6.42 Å². The van der Waals surface area contributed by atoms with Crippen LogP contribution in [0.25, 0.3) is 0 Å². The van der Waals surface area contributed by atoms with Crippen LogP contribution in [0, 0.1) is 20.8 Å². The second-order valence-electron chi connectivity index (χ2n) is 5.70. The van der Waals surface area contributed by atoms with E-state index in [2.05, 4.69) is 32.9 Å². The molecule has 0 aromatic heterocycles. The van der Waals surface area contributed by atoms with E-state index in [1.165, 1.54) is 27.8 Å². The Morgan fingerprint density at radius 3 is 2.10 bits per heavy atom. The fourth-order valence-corrected chi connectivity index (χ4v) is 3.41. The van der Waals surface area contributed by atoms with Crippen LogP contribution < -0.4 is 5.73 Å². The Balaban J connectivity index is 2.34. The molecule has 3 heteroatoms. The van der Waals surface area contributed by atoms with E-state index in [1.54, 1.807) is 0 Å². The summed E-state index contributed by atoms with van der Waals surface area (Å²) in [6.07, 6.45) is 0.873. The first-order chi connectivity index (χ1) is 9.92. The minimum atomic E-state index is 0.294. The summed E-state index contributed by atoms with van der Waals surface area (Å²) < 4.78 is 0. The average molecular weight is 322 g/mol. The van der Waals surface area contributed by atoms with Gasteiger partial charge >= 0.3 is 0 Å². The molecular formula is C18H21Cl2N. The van der Waals surface area contributed by atoms with Crippen LogP contribution in [0.3, 0.4) is 0 Å². The molecule has 1 atom stereocenters. The third-order valence-corrected chi connectivity index (χ3v) is 4.64. The first-order valence-corrected chi connectivity index (χ1v) is 7.89. The number of rotatable bonds is 4. The zero-order valence-corrected chi connectivity index (χ0v) is 14.2. The van der Waals surface area contributed by atoms with Crippen LogP contribution >= 0.6 is 23.2 Å². The number of halogens is 2. The van der Waals surface area contributed by atoms with Gasteiger partial charge in [-0.05, 0) is 68.1 Å². The minimum Gasteiger partial charge on any atom is -0.330 e. The van der Waals surface area contributed by atoms with E-state index in [1.807, 2.05) is 18.2 Å². The lowest BCUT2D eigenvalue weighted by atomic mass is 9.85. The molecule has 2 N–H and O–H groups in total. The normalized spacial score (nSPS) is 12.5. The maximum atomic E-state index is 6.11. The highest BCUT2D eigenvalue weighted by Crippen LogP contribution is 2.30. The van der Waals surface area contributed by atoms with Crippen molar-refractivity contribution in [3.63, 3.8) is 0 Å². The van der Waals surface area contributed by atoms with Gasteiger partial charge in [-0.25, -0.2) is 0 Å². The molecule has 0 saturated heterocycles. The van der Waals surface area contributed by atoms with Crippen LogP contribution in [0.1, 0.15) is 33.7 Å². The predicted octanol–water partition coefficient (Wildman–Crippen LogP) is 5.20. The third kappa shape index (κ3) is 3.79. The molecule has 0 saturated carbocycles. The number of hydrogen-bond donors (Lipinski definition) is 1. The summed E-state index contributed by atoms with van der Waals surface area (Å²) in [4.78, 5) is 0. The lowest BCUT2D eigenvalue weighted by molar-refractivity contribution is 0.685. The quantitative estimate of drug-likeness (QED) is 0.822. The summed E-state index contributed by atoms with van der Waals surface area (Å²) in [5.41, 5.74) is 12.5. The second-order valence-corrected chi connectivity index (χ2v) is 6.51. The Bertz CT molecular complexity index is 627. The SMILES string of the molecule is Cc1cc(C)c(C(CN)Cc2ccc(Cl)c(Cl)c2)c(C)c1. The standard InChI is InChI=1S/C18H21Cl2N/c1-11-6-12(2)18(13(3)7-11)15(10-21)8-14-4-5-16(19)17(20)9-14/h4-7,9,15H,8,10,21H2,1-3H3. The van der Waals surface area contributed by atoms with Gasteiger partial charge in [0.1, 0.15) is 0 Å². The van der Waals surface area contributed by atoms with Gasteiger partial charge in [0.2, 0.25) is 0 Å². The number of hydrogen-bond acceptors (Lipinski definition) is 1. The molecule has 0 radical (unpaired) electrons. The molecule has 2 rings (SSSR count).